The standard InChI is InChI=1S/C17H16ClF2NO4S.C16H14ClF2NO4S/c1-2-21(8-7-11-3-5-12(18)6-4-11)26(24,25)13-9-14(17(22)23)16(20)15(19)10-13;1-20(7-6-10-2-4-11(17)5-3-10)25(23,24)12-8-13(16(21)22)15(19)14(18)9-12/h3-6,9-10H,2,7-8H2,1H3,(H,22,23);2-5,8-9H,6-7H2,1H3,(H,21,22). The molecule has 51 heavy (non-hydrogen) atoms. The molecule has 0 aromatic heterocycles. The van der Waals surface area contributed by atoms with Crippen molar-refractivity contribution in [2.75, 3.05) is 26.7 Å². The number of hydrogen-bond donors (Lipinski definition) is 2. The summed E-state index contributed by atoms with van der Waals surface area (Å²) in [6, 6.07) is 15.9. The van der Waals surface area contributed by atoms with Crippen LogP contribution < -0.4 is 0 Å². The Morgan fingerprint density at radius 3 is 1.39 bits per heavy atom. The first-order chi connectivity index (χ1) is 23.8. The van der Waals surface area contributed by atoms with Crippen molar-refractivity contribution in [1.82, 2.24) is 8.61 Å². The van der Waals surface area contributed by atoms with Crippen molar-refractivity contribution in [3.63, 3.8) is 0 Å². The van der Waals surface area contributed by atoms with E-state index >= 15 is 0 Å². The first kappa shape index (κ1) is 41.4. The molecule has 0 atom stereocenters. The van der Waals surface area contributed by atoms with E-state index in [1.165, 1.54) is 7.05 Å². The third-order valence-electron chi connectivity index (χ3n) is 7.35. The van der Waals surface area contributed by atoms with Gasteiger partial charge in [0.2, 0.25) is 20.0 Å². The summed E-state index contributed by atoms with van der Waals surface area (Å²) < 4.78 is 107. The largest absolute Gasteiger partial charge is 0.478 e. The highest BCUT2D eigenvalue weighted by Crippen LogP contribution is 2.24. The van der Waals surface area contributed by atoms with Crippen molar-refractivity contribution in [2.45, 2.75) is 29.6 Å². The van der Waals surface area contributed by atoms with Crippen LogP contribution in [0.15, 0.2) is 82.6 Å². The third kappa shape index (κ3) is 10.5. The Labute approximate surface area is 301 Å². The zero-order valence-corrected chi connectivity index (χ0v) is 29.9. The van der Waals surface area contributed by atoms with Gasteiger partial charge in [0.15, 0.2) is 23.3 Å². The Hall–Kier alpha value is -4.06. The fourth-order valence-electron chi connectivity index (χ4n) is 4.48. The number of nitrogens with zero attached hydrogens (tertiary/aromatic N) is 2. The quantitative estimate of drug-likeness (QED) is 0.141. The fraction of sp³-hybridized carbons (Fsp3) is 0.212. The number of aromatic carboxylic acids is 2. The first-order valence-electron chi connectivity index (χ1n) is 14.7. The molecular formula is C33H30Cl2F4N2O8S2. The van der Waals surface area contributed by atoms with E-state index in [9.17, 15) is 44.0 Å². The monoisotopic (exact) mass is 792 g/mol. The smallest absolute Gasteiger partial charge is 0.338 e. The molecule has 0 aliphatic rings. The number of carboxylic acid groups (broad SMARTS) is 2. The summed E-state index contributed by atoms with van der Waals surface area (Å²) in [4.78, 5) is 20.7. The van der Waals surface area contributed by atoms with E-state index in [2.05, 4.69) is 0 Å². The van der Waals surface area contributed by atoms with Gasteiger partial charge in [-0.2, -0.15) is 4.31 Å². The topological polar surface area (TPSA) is 149 Å². The molecule has 0 bridgehead atoms. The van der Waals surface area contributed by atoms with Crippen LogP contribution in [0.25, 0.3) is 0 Å². The first-order valence-corrected chi connectivity index (χ1v) is 18.3. The van der Waals surface area contributed by atoms with Crippen molar-refractivity contribution in [2.24, 2.45) is 0 Å². The SMILES string of the molecule is CCN(CCc1ccc(Cl)cc1)S(=O)(=O)c1cc(F)c(F)c(C(=O)O)c1.CN(CCc1ccc(Cl)cc1)S(=O)(=O)c1cc(F)c(F)c(C(=O)O)c1. The van der Waals surface area contributed by atoms with Gasteiger partial charge in [0.05, 0.1) is 20.9 Å². The highest BCUT2D eigenvalue weighted by molar-refractivity contribution is 7.89. The lowest BCUT2D eigenvalue weighted by Gasteiger charge is -2.21. The fourth-order valence-corrected chi connectivity index (χ4v) is 7.43. The molecule has 0 unspecified atom stereocenters. The number of benzene rings is 4. The van der Waals surface area contributed by atoms with E-state index in [1.807, 2.05) is 0 Å². The van der Waals surface area contributed by atoms with Crippen molar-refractivity contribution >= 4 is 55.2 Å². The summed E-state index contributed by atoms with van der Waals surface area (Å²) in [7, 11) is -7.09. The lowest BCUT2D eigenvalue weighted by atomic mass is 10.1. The van der Waals surface area contributed by atoms with Crippen LogP contribution in [-0.4, -0.2) is 74.3 Å². The molecule has 4 aromatic carbocycles. The highest BCUT2D eigenvalue weighted by Gasteiger charge is 2.28. The molecule has 4 aromatic rings. The van der Waals surface area contributed by atoms with Gasteiger partial charge in [-0.1, -0.05) is 54.4 Å². The molecule has 4 rings (SSSR count). The number of carboxylic acids is 2. The zero-order valence-electron chi connectivity index (χ0n) is 26.8. The van der Waals surface area contributed by atoms with Crippen LogP contribution in [0.1, 0.15) is 38.8 Å². The average Bonchev–Trinajstić information content (AvgIpc) is 3.07. The molecule has 0 fully saturated rings. The molecule has 0 saturated heterocycles. The summed E-state index contributed by atoms with van der Waals surface area (Å²) >= 11 is 11.6. The van der Waals surface area contributed by atoms with Gasteiger partial charge in [0.25, 0.3) is 0 Å². The number of hydrogen-bond acceptors (Lipinski definition) is 6. The van der Waals surface area contributed by atoms with Crippen LogP contribution in [0, 0.1) is 23.3 Å². The van der Waals surface area contributed by atoms with Crippen LogP contribution in [0.5, 0.6) is 0 Å². The van der Waals surface area contributed by atoms with Crippen LogP contribution >= 0.6 is 23.2 Å². The van der Waals surface area contributed by atoms with Gasteiger partial charge in [-0.3, -0.25) is 0 Å². The summed E-state index contributed by atoms with van der Waals surface area (Å²) in [6.45, 7) is 1.82. The minimum Gasteiger partial charge on any atom is -0.478 e. The normalized spacial score (nSPS) is 11.7. The van der Waals surface area contributed by atoms with Gasteiger partial charge in [0.1, 0.15) is 0 Å². The lowest BCUT2D eigenvalue weighted by Crippen LogP contribution is -2.33. The van der Waals surface area contributed by atoms with Crippen molar-refractivity contribution in [3.05, 3.63) is 128 Å². The maximum Gasteiger partial charge on any atom is 0.338 e. The second-order valence-electron chi connectivity index (χ2n) is 10.7. The lowest BCUT2D eigenvalue weighted by molar-refractivity contribution is 0.0679. The highest BCUT2D eigenvalue weighted by atomic mass is 35.5. The molecule has 2 N–H and O–H groups in total. The van der Waals surface area contributed by atoms with Gasteiger partial charge in [-0.25, -0.2) is 48.3 Å². The molecule has 0 aliphatic carbocycles. The number of sulfonamides is 2. The van der Waals surface area contributed by atoms with E-state index in [0.29, 0.717) is 47.2 Å². The molecule has 0 spiro atoms. The predicted molar refractivity (Wildman–Crippen MR) is 181 cm³/mol. The third-order valence-corrected chi connectivity index (χ3v) is 11.6. The maximum absolute atomic E-state index is 13.7. The Balaban J connectivity index is 0.000000276. The number of rotatable bonds is 13. The second-order valence-corrected chi connectivity index (χ2v) is 15.6. The van der Waals surface area contributed by atoms with Crippen molar-refractivity contribution in [1.29, 1.82) is 0 Å². The molecule has 0 aliphatic heterocycles. The van der Waals surface area contributed by atoms with Crippen molar-refractivity contribution < 1.29 is 54.2 Å². The predicted octanol–water partition coefficient (Wildman–Crippen LogP) is 6.75. The number of carbonyl (C=O) groups is 2. The van der Waals surface area contributed by atoms with E-state index in [-0.39, 0.29) is 19.6 Å². The zero-order chi connectivity index (χ0) is 38.3. The van der Waals surface area contributed by atoms with Gasteiger partial charge in [-0.05, 0) is 72.5 Å². The van der Waals surface area contributed by atoms with Gasteiger partial charge in [0, 0.05) is 36.7 Å². The van der Waals surface area contributed by atoms with Crippen LogP contribution in [0.4, 0.5) is 17.6 Å². The number of likely N-dealkylation sites (N-methyl/N-ethyl adjacent to an activating group) is 2. The maximum atomic E-state index is 13.7. The molecule has 18 heteroatoms. The minimum atomic E-state index is -4.19. The van der Waals surface area contributed by atoms with E-state index in [0.717, 1.165) is 19.7 Å². The Morgan fingerprint density at radius 2 is 1.02 bits per heavy atom. The van der Waals surface area contributed by atoms with Crippen LogP contribution in [-0.2, 0) is 32.9 Å². The Kier molecular flexibility index (Phi) is 14.1. The van der Waals surface area contributed by atoms with E-state index in [1.54, 1.807) is 55.5 Å². The van der Waals surface area contributed by atoms with Gasteiger partial charge < -0.3 is 10.2 Å². The van der Waals surface area contributed by atoms with Crippen LogP contribution in [0.2, 0.25) is 10.0 Å². The average molecular weight is 794 g/mol. The summed E-state index contributed by atoms with van der Waals surface area (Å²) in [5.74, 6) is -9.77. The molecule has 0 radical (unpaired) electrons. The summed E-state index contributed by atoms with van der Waals surface area (Å²) in [5, 5.41) is 18.9. The van der Waals surface area contributed by atoms with Crippen molar-refractivity contribution in [3.8, 4) is 0 Å². The Morgan fingerprint density at radius 1 is 0.647 bits per heavy atom. The summed E-state index contributed by atoms with van der Waals surface area (Å²) in [6.07, 6.45) is 0.738. The van der Waals surface area contributed by atoms with E-state index in [4.69, 9.17) is 33.4 Å². The summed E-state index contributed by atoms with van der Waals surface area (Å²) in [5.41, 5.74) is -0.385. The minimum absolute atomic E-state index is 0.0609. The molecule has 274 valence electrons. The van der Waals surface area contributed by atoms with E-state index < -0.39 is 76.2 Å². The van der Waals surface area contributed by atoms with Gasteiger partial charge in [-0.15, -0.1) is 0 Å². The van der Waals surface area contributed by atoms with Gasteiger partial charge >= 0.3 is 11.9 Å². The molecule has 10 nitrogen and oxygen atoms in total. The Bertz CT molecular complexity index is 2120. The van der Waals surface area contributed by atoms with Crippen LogP contribution in [0.3, 0.4) is 0 Å². The molecule has 0 heterocycles. The second kappa shape index (κ2) is 17.4. The number of halogens is 6. The molecule has 0 amide bonds. The molecule has 0 saturated carbocycles. The molecular weight excluding hydrogens is 763 g/mol.